The lowest BCUT2D eigenvalue weighted by Crippen LogP contribution is -2.28. The van der Waals surface area contributed by atoms with Crippen LogP contribution in [0.2, 0.25) is 0 Å². The molecule has 3 heterocycles. The molecule has 7 heteroatoms. The molecule has 0 saturated heterocycles. The van der Waals surface area contributed by atoms with E-state index in [2.05, 4.69) is 86.1 Å². The summed E-state index contributed by atoms with van der Waals surface area (Å²) in [4.78, 5) is 21.9. The van der Waals surface area contributed by atoms with Crippen LogP contribution in [0.3, 0.4) is 0 Å². The zero-order valence-corrected chi connectivity index (χ0v) is 30.4. The van der Waals surface area contributed by atoms with Crippen LogP contribution >= 0.6 is 0 Å². The number of hydrogen-bond acceptors (Lipinski definition) is 6. The maximum absolute atomic E-state index is 13.1. The summed E-state index contributed by atoms with van der Waals surface area (Å²) in [7, 11) is 1.97. The first-order valence-electron chi connectivity index (χ1n) is 17.9. The first kappa shape index (κ1) is 37.3. The van der Waals surface area contributed by atoms with Gasteiger partial charge >= 0.3 is 0 Å². The van der Waals surface area contributed by atoms with Gasteiger partial charge in [-0.2, -0.15) is 0 Å². The molecule has 7 nitrogen and oxygen atoms in total. The molecular formula is C42H55N5O2. The van der Waals surface area contributed by atoms with Gasteiger partial charge in [-0.3, -0.25) is 14.3 Å². The number of fused-ring (bicyclic) bond motifs is 3. The van der Waals surface area contributed by atoms with E-state index in [0.29, 0.717) is 18.2 Å². The van der Waals surface area contributed by atoms with E-state index in [0.717, 1.165) is 52.7 Å². The molecule has 3 aromatic heterocycles. The van der Waals surface area contributed by atoms with Gasteiger partial charge in [-0.05, 0) is 87.0 Å². The highest BCUT2D eigenvalue weighted by molar-refractivity contribution is 6.05. The van der Waals surface area contributed by atoms with Gasteiger partial charge in [0, 0.05) is 48.7 Å². The number of anilines is 1. The molecule has 5 aromatic rings. The Morgan fingerprint density at radius 2 is 1.80 bits per heavy atom. The Kier molecular flexibility index (Phi) is 14.4. The third-order valence-electron chi connectivity index (χ3n) is 8.71. The number of nitrogens with zero attached hydrogens (tertiary/aromatic N) is 3. The molecule has 1 saturated carbocycles. The largest absolute Gasteiger partial charge is 0.456 e. The molecule has 0 aliphatic heterocycles. The van der Waals surface area contributed by atoms with Gasteiger partial charge in [-0.15, -0.1) is 6.58 Å². The van der Waals surface area contributed by atoms with Crippen molar-refractivity contribution >= 4 is 33.7 Å². The van der Waals surface area contributed by atoms with Crippen LogP contribution in [-0.2, 0) is 19.4 Å². The fourth-order valence-electron chi connectivity index (χ4n) is 5.67. The maximum atomic E-state index is 13.1. The second-order valence-corrected chi connectivity index (χ2v) is 13.0. The van der Waals surface area contributed by atoms with Gasteiger partial charge in [-0.25, -0.2) is 4.98 Å². The minimum atomic E-state index is -0.0518. The highest BCUT2D eigenvalue weighted by Crippen LogP contribution is 2.33. The number of furan rings is 1. The van der Waals surface area contributed by atoms with Gasteiger partial charge in [-0.1, -0.05) is 82.0 Å². The summed E-state index contributed by atoms with van der Waals surface area (Å²) in [6.45, 7) is 16.0. The lowest BCUT2D eigenvalue weighted by molar-refractivity contribution is 0.643. The van der Waals surface area contributed by atoms with E-state index in [9.17, 15) is 4.79 Å². The van der Waals surface area contributed by atoms with E-state index in [1.165, 1.54) is 48.8 Å². The summed E-state index contributed by atoms with van der Waals surface area (Å²) in [6.07, 6.45) is 17.7. The zero-order valence-electron chi connectivity index (χ0n) is 30.4. The molecule has 49 heavy (non-hydrogen) atoms. The summed E-state index contributed by atoms with van der Waals surface area (Å²) >= 11 is 0. The molecule has 1 atom stereocenters. The Hall–Kier alpha value is -4.49. The van der Waals surface area contributed by atoms with E-state index in [1.54, 1.807) is 16.8 Å². The van der Waals surface area contributed by atoms with E-state index in [-0.39, 0.29) is 11.6 Å². The molecule has 1 aliphatic rings. The fourth-order valence-corrected chi connectivity index (χ4v) is 5.67. The van der Waals surface area contributed by atoms with E-state index in [1.807, 2.05) is 49.8 Å². The summed E-state index contributed by atoms with van der Waals surface area (Å²) in [5.74, 6) is 1.52. The molecule has 260 valence electrons. The maximum Gasteiger partial charge on any atom is 0.277 e. The predicted octanol–water partition coefficient (Wildman–Crippen LogP) is 9.92. The van der Waals surface area contributed by atoms with Crippen LogP contribution in [0, 0.1) is 5.92 Å². The summed E-state index contributed by atoms with van der Waals surface area (Å²) in [5.41, 5.74) is 7.30. The minimum absolute atomic E-state index is 0.0396. The van der Waals surface area contributed by atoms with E-state index in [4.69, 9.17) is 4.42 Å². The third kappa shape index (κ3) is 10.5. The Morgan fingerprint density at radius 3 is 2.49 bits per heavy atom. The van der Waals surface area contributed by atoms with Crippen molar-refractivity contribution in [2.75, 3.05) is 18.9 Å². The quantitative estimate of drug-likeness (QED) is 0.122. The number of hydrogen-bond donors (Lipinski definition) is 2. The number of likely N-dealkylation sites (N-methyl/N-ethyl adjacent to an activating group) is 1. The van der Waals surface area contributed by atoms with Gasteiger partial charge in [0.2, 0.25) is 0 Å². The number of rotatable bonds is 13. The number of aryl methyl sites for hydroxylation is 1. The molecule has 6 rings (SSSR count). The van der Waals surface area contributed by atoms with Crippen LogP contribution in [0.5, 0.6) is 0 Å². The van der Waals surface area contributed by atoms with Crippen molar-refractivity contribution in [1.29, 1.82) is 0 Å². The van der Waals surface area contributed by atoms with Crippen LogP contribution in [-0.4, -0.2) is 28.1 Å². The molecule has 2 N–H and O–H groups in total. The molecule has 2 aromatic carbocycles. The van der Waals surface area contributed by atoms with Gasteiger partial charge in [0.05, 0.1) is 6.20 Å². The molecule has 0 spiro atoms. The van der Waals surface area contributed by atoms with Crippen molar-refractivity contribution in [2.24, 2.45) is 5.92 Å². The number of nitrogens with one attached hydrogen (secondary N) is 2. The summed E-state index contributed by atoms with van der Waals surface area (Å²) < 4.78 is 7.67. The molecular weight excluding hydrogens is 606 g/mol. The van der Waals surface area contributed by atoms with Crippen molar-refractivity contribution in [3.05, 3.63) is 118 Å². The van der Waals surface area contributed by atoms with Gasteiger partial charge < -0.3 is 15.1 Å². The number of unbranched alkanes of at least 4 members (excludes halogenated alkanes) is 1. The second-order valence-electron chi connectivity index (χ2n) is 13.0. The SMILES string of the molecule is C=CCn1c(CC2CC2)ncc(NC(C)c2ccc3oc4ccccc4c3c2)c1=O.CCCC.CCCc1ccncc1/C=C(\C)CNC. The van der Waals surface area contributed by atoms with Crippen molar-refractivity contribution in [3.8, 4) is 0 Å². The van der Waals surface area contributed by atoms with Crippen molar-refractivity contribution in [3.63, 3.8) is 0 Å². The predicted molar refractivity (Wildman–Crippen MR) is 207 cm³/mol. The van der Waals surface area contributed by atoms with E-state index >= 15 is 0 Å². The smallest absolute Gasteiger partial charge is 0.277 e. The zero-order chi connectivity index (χ0) is 35.2. The van der Waals surface area contributed by atoms with Gasteiger partial charge in [0.15, 0.2) is 0 Å². The van der Waals surface area contributed by atoms with Crippen LogP contribution < -0.4 is 16.2 Å². The Morgan fingerprint density at radius 1 is 1.04 bits per heavy atom. The minimum Gasteiger partial charge on any atom is -0.456 e. The molecule has 0 radical (unpaired) electrons. The summed E-state index contributed by atoms with van der Waals surface area (Å²) in [5, 5.41) is 8.70. The first-order valence-corrected chi connectivity index (χ1v) is 17.9. The van der Waals surface area contributed by atoms with E-state index < -0.39 is 0 Å². The van der Waals surface area contributed by atoms with Crippen molar-refractivity contribution in [1.82, 2.24) is 19.9 Å². The summed E-state index contributed by atoms with van der Waals surface area (Å²) in [6, 6.07) is 16.3. The average Bonchev–Trinajstić information content (AvgIpc) is 3.86. The molecule has 0 amide bonds. The standard InChI is InChI=1S/C25H25N3O2.C13H20N2.C4H10/c1-3-12-28-24(13-17-8-9-17)26-15-21(25(28)29)27-16(2)18-10-11-23-20(14-18)19-6-4-5-7-22(19)30-23;1-4-5-12-6-7-15-10-13(12)8-11(2)9-14-3;1-3-4-2/h3-7,10-11,14-17,27H,1,8-9,12-13H2,2H3;6-8,10,14H,4-5,9H2,1-3H3;3-4H2,1-2H3/b;11-8+;. The van der Waals surface area contributed by atoms with Crippen LogP contribution in [0.15, 0.2) is 94.6 Å². The lowest BCUT2D eigenvalue weighted by atomic mass is 10.0. The number of pyridine rings is 1. The number of aromatic nitrogens is 3. The molecule has 1 unspecified atom stereocenters. The van der Waals surface area contributed by atoms with Crippen molar-refractivity contribution in [2.45, 2.75) is 92.2 Å². The topological polar surface area (TPSA) is 85.0 Å². The second kappa shape index (κ2) is 18.9. The number of para-hydroxylation sites is 1. The third-order valence-corrected chi connectivity index (χ3v) is 8.71. The fraction of sp³-hybridized carbons (Fsp3) is 0.405. The Balaban J connectivity index is 0.000000239. The Labute approximate surface area is 292 Å². The van der Waals surface area contributed by atoms with Crippen LogP contribution in [0.25, 0.3) is 28.0 Å². The Bertz CT molecular complexity index is 1880. The first-order chi connectivity index (χ1) is 23.8. The van der Waals surface area contributed by atoms with Gasteiger partial charge in [0.1, 0.15) is 22.7 Å². The van der Waals surface area contributed by atoms with Crippen LogP contribution in [0.1, 0.15) is 95.3 Å². The molecule has 1 aliphatic carbocycles. The lowest BCUT2D eigenvalue weighted by Gasteiger charge is -2.17. The average molecular weight is 662 g/mol. The number of benzene rings is 2. The molecule has 1 fully saturated rings. The highest BCUT2D eigenvalue weighted by Gasteiger charge is 2.24. The van der Waals surface area contributed by atoms with Gasteiger partial charge in [0.25, 0.3) is 5.56 Å². The highest BCUT2D eigenvalue weighted by atomic mass is 16.3. The molecule has 0 bridgehead atoms. The monoisotopic (exact) mass is 661 g/mol. The normalized spacial score (nSPS) is 13.3. The number of allylic oxidation sites excluding steroid dienone is 1. The van der Waals surface area contributed by atoms with Crippen molar-refractivity contribution < 1.29 is 4.42 Å². The van der Waals surface area contributed by atoms with Crippen LogP contribution in [0.4, 0.5) is 5.69 Å².